The Morgan fingerprint density at radius 1 is 0.742 bits per heavy atom. The Labute approximate surface area is 188 Å². The summed E-state index contributed by atoms with van der Waals surface area (Å²) in [5.74, 6) is 5.25. The molecule has 4 nitrogen and oxygen atoms in total. The van der Waals surface area contributed by atoms with Crippen LogP contribution in [0.15, 0.2) is 0 Å². The zero-order chi connectivity index (χ0) is 21.7. The average molecular weight is 432 g/mol. The van der Waals surface area contributed by atoms with Crippen LogP contribution in [0, 0.1) is 58.7 Å². The summed E-state index contributed by atoms with van der Waals surface area (Å²) in [6.45, 7) is 9.85. The number of aliphatic hydroxyl groups is 3. The summed E-state index contributed by atoms with van der Waals surface area (Å²) in [5, 5.41) is 33.0. The van der Waals surface area contributed by atoms with Crippen LogP contribution in [0.5, 0.6) is 0 Å². The smallest absolute Gasteiger partial charge is 0.0577 e. The highest BCUT2D eigenvalue weighted by Crippen LogP contribution is 2.67. The molecule has 0 aromatic carbocycles. The zero-order valence-electron chi connectivity index (χ0n) is 19.9. The largest absolute Gasteiger partial charge is 0.393 e. The molecule has 0 spiro atoms. The molecule has 2 heterocycles. The Bertz CT molecular complexity index is 700. The highest BCUT2D eigenvalue weighted by atomic mass is 16.3. The van der Waals surface area contributed by atoms with E-state index in [1.807, 2.05) is 0 Å². The maximum absolute atomic E-state index is 11.5. The Morgan fingerprint density at radius 2 is 1.52 bits per heavy atom. The van der Waals surface area contributed by atoms with E-state index in [0.29, 0.717) is 35.5 Å². The Hall–Kier alpha value is -0.160. The average Bonchev–Trinajstić information content (AvgIpc) is 3.12. The third-order valence-electron chi connectivity index (χ3n) is 12.0. The molecule has 4 saturated carbocycles. The number of rotatable bonds is 0. The predicted octanol–water partition coefficient (Wildman–Crippen LogP) is 3.53. The lowest BCUT2D eigenvalue weighted by molar-refractivity contribution is -0.142. The van der Waals surface area contributed by atoms with Crippen molar-refractivity contribution in [2.75, 3.05) is 13.1 Å². The second-order valence-corrected chi connectivity index (χ2v) is 13.3. The first-order valence-corrected chi connectivity index (χ1v) is 13.6. The number of piperidine rings is 2. The fraction of sp³-hybridized carbons (Fsp3) is 1.00. The van der Waals surface area contributed by atoms with Crippen molar-refractivity contribution in [2.24, 2.45) is 58.7 Å². The van der Waals surface area contributed by atoms with Crippen LogP contribution in [0.1, 0.15) is 72.1 Å². The van der Waals surface area contributed by atoms with Gasteiger partial charge in [-0.05, 0) is 110 Å². The van der Waals surface area contributed by atoms with Crippen molar-refractivity contribution in [2.45, 2.75) is 96.5 Å². The van der Waals surface area contributed by atoms with E-state index in [4.69, 9.17) is 0 Å². The maximum atomic E-state index is 11.5. The van der Waals surface area contributed by atoms with Crippen LogP contribution in [0.4, 0.5) is 0 Å². The maximum Gasteiger partial charge on any atom is 0.0577 e. The molecular formula is C27H45NO3. The summed E-state index contributed by atoms with van der Waals surface area (Å²) < 4.78 is 0. The Kier molecular flexibility index (Phi) is 5.12. The van der Waals surface area contributed by atoms with E-state index in [2.05, 4.69) is 25.7 Å². The molecule has 14 atom stereocenters. The van der Waals surface area contributed by atoms with Crippen LogP contribution in [-0.2, 0) is 0 Å². The number of hydrogen-bond donors (Lipinski definition) is 3. The van der Waals surface area contributed by atoms with E-state index in [1.165, 1.54) is 32.4 Å². The fourth-order valence-electron chi connectivity index (χ4n) is 10.6. The van der Waals surface area contributed by atoms with Gasteiger partial charge in [0, 0.05) is 19.1 Å². The van der Waals surface area contributed by atoms with Gasteiger partial charge in [0.1, 0.15) is 0 Å². The predicted molar refractivity (Wildman–Crippen MR) is 121 cm³/mol. The molecule has 0 amide bonds. The molecule has 0 bridgehead atoms. The van der Waals surface area contributed by atoms with E-state index >= 15 is 0 Å². The quantitative estimate of drug-likeness (QED) is 0.549. The van der Waals surface area contributed by atoms with Crippen molar-refractivity contribution >= 4 is 0 Å². The highest BCUT2D eigenvalue weighted by molar-refractivity contribution is 5.13. The molecule has 176 valence electrons. The van der Waals surface area contributed by atoms with Crippen LogP contribution in [0.25, 0.3) is 0 Å². The first-order chi connectivity index (χ1) is 14.8. The molecule has 0 unspecified atom stereocenters. The molecule has 2 aliphatic heterocycles. The van der Waals surface area contributed by atoms with E-state index in [-0.39, 0.29) is 29.6 Å². The molecule has 6 aliphatic rings. The normalized spacial score (nSPS) is 61.5. The van der Waals surface area contributed by atoms with Crippen LogP contribution in [0.2, 0.25) is 0 Å². The van der Waals surface area contributed by atoms with Crippen LogP contribution < -0.4 is 0 Å². The van der Waals surface area contributed by atoms with E-state index < -0.39 is 0 Å². The number of nitrogens with zero attached hydrogens (tertiary/aromatic N) is 1. The zero-order valence-corrected chi connectivity index (χ0v) is 19.9. The summed E-state index contributed by atoms with van der Waals surface area (Å²) in [6, 6.07) is 0.730. The van der Waals surface area contributed by atoms with E-state index in [1.54, 1.807) is 0 Å². The van der Waals surface area contributed by atoms with E-state index in [9.17, 15) is 15.3 Å². The standard InChI is InChI=1S/C27H45NO3/c1-14-4-5-23-15(2)17-10-25(31)26-18(20(17)13-28(23)12-14)9-21-19(26)11-24(30)22-8-16(29)6-7-27(21,22)3/h14-26,29-31H,4-13H2,1-3H3/t14-,15+,16+,17+,18-,19+,20+,21-,22+,23-,24+,25-,26+,27+/m0/s1. The second kappa shape index (κ2) is 7.42. The van der Waals surface area contributed by atoms with Gasteiger partial charge in [-0.25, -0.2) is 0 Å². The number of hydrogen-bond acceptors (Lipinski definition) is 4. The first-order valence-electron chi connectivity index (χ1n) is 13.6. The molecular weight excluding hydrogens is 386 g/mol. The SMILES string of the molecule is C[C@H]1CC[C@H]2[C@H](C)[C@H]3C[C@H](O)[C@@H]4[C@@H](C[C@H]5[C@H]4C[C@@H](O)[C@H]4C[C@H](O)CC[C@@]45C)[C@@H]3CN2C1. The molecule has 4 aliphatic carbocycles. The van der Waals surface area contributed by atoms with Crippen molar-refractivity contribution in [1.82, 2.24) is 4.90 Å². The Balaban J connectivity index is 1.31. The van der Waals surface area contributed by atoms with Crippen LogP contribution >= 0.6 is 0 Å². The lowest BCUT2D eigenvalue weighted by Gasteiger charge is -2.57. The summed E-state index contributed by atoms with van der Waals surface area (Å²) in [6.07, 6.45) is 7.79. The number of fused-ring (bicyclic) bond motifs is 8. The van der Waals surface area contributed by atoms with E-state index in [0.717, 1.165) is 50.0 Å². The van der Waals surface area contributed by atoms with Crippen molar-refractivity contribution < 1.29 is 15.3 Å². The topological polar surface area (TPSA) is 63.9 Å². The molecule has 6 rings (SSSR count). The van der Waals surface area contributed by atoms with Gasteiger partial charge in [-0.15, -0.1) is 0 Å². The number of aliphatic hydroxyl groups excluding tert-OH is 3. The second-order valence-electron chi connectivity index (χ2n) is 13.3. The minimum Gasteiger partial charge on any atom is -0.393 e. The van der Waals surface area contributed by atoms with Gasteiger partial charge in [0.2, 0.25) is 0 Å². The lowest BCUT2D eigenvalue weighted by atomic mass is 9.51. The fourth-order valence-corrected chi connectivity index (χ4v) is 10.6. The van der Waals surface area contributed by atoms with Gasteiger partial charge in [0.25, 0.3) is 0 Å². The molecule has 31 heavy (non-hydrogen) atoms. The molecule has 0 radical (unpaired) electrons. The van der Waals surface area contributed by atoms with Gasteiger partial charge in [-0.2, -0.15) is 0 Å². The van der Waals surface area contributed by atoms with Crippen molar-refractivity contribution in [3.05, 3.63) is 0 Å². The van der Waals surface area contributed by atoms with Gasteiger partial charge < -0.3 is 15.3 Å². The summed E-state index contributed by atoms with van der Waals surface area (Å²) >= 11 is 0. The molecule has 3 N–H and O–H groups in total. The summed E-state index contributed by atoms with van der Waals surface area (Å²) in [7, 11) is 0. The van der Waals surface area contributed by atoms with Gasteiger partial charge in [0.05, 0.1) is 18.3 Å². The molecule has 4 heteroatoms. The van der Waals surface area contributed by atoms with Crippen molar-refractivity contribution in [3.8, 4) is 0 Å². The summed E-state index contributed by atoms with van der Waals surface area (Å²) in [5.41, 5.74) is 0.135. The molecule has 0 aromatic heterocycles. The molecule has 6 fully saturated rings. The van der Waals surface area contributed by atoms with Crippen molar-refractivity contribution in [3.63, 3.8) is 0 Å². The molecule has 2 saturated heterocycles. The lowest BCUT2D eigenvalue weighted by Crippen LogP contribution is -2.60. The highest BCUT2D eigenvalue weighted by Gasteiger charge is 2.64. The third-order valence-corrected chi connectivity index (χ3v) is 12.0. The first kappa shape index (κ1) is 21.4. The Morgan fingerprint density at radius 3 is 2.32 bits per heavy atom. The van der Waals surface area contributed by atoms with Gasteiger partial charge in [0.15, 0.2) is 0 Å². The van der Waals surface area contributed by atoms with Crippen LogP contribution in [0.3, 0.4) is 0 Å². The molecule has 0 aromatic rings. The minimum absolute atomic E-state index is 0.135. The monoisotopic (exact) mass is 431 g/mol. The van der Waals surface area contributed by atoms with Crippen molar-refractivity contribution in [1.29, 1.82) is 0 Å². The van der Waals surface area contributed by atoms with Gasteiger partial charge >= 0.3 is 0 Å². The van der Waals surface area contributed by atoms with Gasteiger partial charge in [-0.3, -0.25) is 4.90 Å². The minimum atomic E-state index is -0.303. The third kappa shape index (κ3) is 3.07. The summed E-state index contributed by atoms with van der Waals surface area (Å²) in [4.78, 5) is 2.84. The van der Waals surface area contributed by atoms with Gasteiger partial charge in [-0.1, -0.05) is 20.8 Å². The van der Waals surface area contributed by atoms with Crippen LogP contribution in [-0.4, -0.2) is 57.7 Å².